The van der Waals surface area contributed by atoms with Crippen LogP contribution in [-0.2, 0) is 22.8 Å². The van der Waals surface area contributed by atoms with Crippen molar-refractivity contribution < 1.29 is 44.6 Å². The van der Waals surface area contributed by atoms with Crippen molar-refractivity contribution in [3.05, 3.63) is 0 Å². The molecule has 0 atom stereocenters. The summed E-state index contributed by atoms with van der Waals surface area (Å²) < 4.78 is 61.1. The van der Waals surface area contributed by atoms with Crippen molar-refractivity contribution in [3.63, 3.8) is 0 Å². The average molecular weight is 441 g/mol. The first kappa shape index (κ1) is 28.9. The third-order valence-corrected chi connectivity index (χ3v) is 7.08. The second kappa shape index (κ2) is 14.6. The molecule has 6 nitrogen and oxygen atoms in total. The first-order valence-electron chi connectivity index (χ1n) is 8.35. The van der Waals surface area contributed by atoms with Crippen molar-refractivity contribution >= 4 is 33.8 Å². The Morgan fingerprint density at radius 3 is 1.89 bits per heavy atom. The predicted molar refractivity (Wildman–Crippen MR) is 102 cm³/mol. The number of ether oxygens (including phenoxy) is 1. The number of carbonyl (C=O) groups is 1. The summed E-state index contributed by atoms with van der Waals surface area (Å²) in [7, 11) is 2.66. The number of carbonyl (C=O) groups excluding carboxylic acids is 1. The molecule has 0 amide bonds. The molecule has 0 saturated heterocycles. The van der Waals surface area contributed by atoms with Crippen LogP contribution in [0.4, 0.5) is 17.3 Å². The molecule has 0 rings (SSSR count). The molecule has 0 spiro atoms. The van der Waals surface area contributed by atoms with Gasteiger partial charge in [-0.15, -0.1) is 0 Å². The fraction of sp³-hybridized carbons (Fsp3) is 0.929. The summed E-state index contributed by atoms with van der Waals surface area (Å²) in [6, 6.07) is 0.789. The lowest BCUT2D eigenvalue weighted by Gasteiger charge is -2.24. The highest BCUT2D eigenvalue weighted by molar-refractivity contribution is 7.99. The van der Waals surface area contributed by atoms with Gasteiger partial charge in [-0.05, 0) is 12.2 Å². The monoisotopic (exact) mass is 441 g/mol. The van der Waals surface area contributed by atoms with Gasteiger partial charge in [-0.2, -0.15) is 11.8 Å². The Bertz CT molecular complexity index is 384. The Labute approximate surface area is 164 Å². The van der Waals surface area contributed by atoms with Crippen molar-refractivity contribution in [2.75, 3.05) is 67.1 Å². The minimum absolute atomic E-state index is 0.115. The van der Waals surface area contributed by atoms with Gasteiger partial charge in [0, 0.05) is 33.1 Å². The van der Waals surface area contributed by atoms with Gasteiger partial charge in [0.2, 0.25) is 0 Å². The molecule has 0 aromatic heterocycles. The summed E-state index contributed by atoms with van der Waals surface area (Å²) in [4.78, 5) is 11.6. The van der Waals surface area contributed by atoms with Crippen LogP contribution in [0.1, 0.15) is 12.8 Å². The van der Waals surface area contributed by atoms with Crippen LogP contribution >= 0.6 is 11.8 Å². The molecule has 0 unspecified atom stereocenters. The van der Waals surface area contributed by atoms with E-state index < -0.39 is 16.1 Å². The van der Waals surface area contributed by atoms with Gasteiger partial charge in [0.25, 0.3) is 0 Å². The molecule has 0 fully saturated rings. The quantitative estimate of drug-likeness (QED) is 0.144. The molecule has 27 heavy (non-hydrogen) atoms. The molecular weight excluding hydrogens is 409 g/mol. The van der Waals surface area contributed by atoms with Gasteiger partial charge < -0.3 is 39.8 Å². The number of quaternary nitrogens is 1. The molecule has 0 heterocycles. The molecule has 0 aromatic carbocycles. The zero-order valence-corrected chi connectivity index (χ0v) is 18.8. The molecule has 164 valence electrons. The Morgan fingerprint density at radius 2 is 1.48 bits per heavy atom. The summed E-state index contributed by atoms with van der Waals surface area (Å²) >= 11 is 1.74. The maximum Gasteiger partial charge on any atom is 0.673 e. The smallest absolute Gasteiger partial charge is 0.460 e. The van der Waals surface area contributed by atoms with E-state index in [4.69, 9.17) is 18.0 Å². The average Bonchev–Trinajstić information content (AvgIpc) is 2.52. The molecule has 0 aromatic rings. The van der Waals surface area contributed by atoms with Crippen LogP contribution in [0.25, 0.3) is 0 Å². The lowest BCUT2D eigenvalue weighted by atomic mass is 10.3. The van der Waals surface area contributed by atoms with Crippen LogP contribution < -0.4 is 0 Å². The maximum absolute atomic E-state index is 11.6. The second-order valence-corrected chi connectivity index (χ2v) is 10.8. The van der Waals surface area contributed by atoms with Gasteiger partial charge in [0.15, 0.2) is 0 Å². The lowest BCUT2D eigenvalue weighted by Crippen LogP contribution is -2.42. The predicted octanol–water partition coefficient (Wildman–Crippen LogP) is 2.93. The summed E-state index contributed by atoms with van der Waals surface area (Å²) in [5, 5.41) is 0. The van der Waals surface area contributed by atoms with E-state index in [0.717, 1.165) is 35.0 Å². The van der Waals surface area contributed by atoms with Gasteiger partial charge in [0.05, 0.1) is 27.6 Å². The number of likely N-dealkylation sites (N-methyl/N-ethyl adjacent to an activating group) is 1. The maximum atomic E-state index is 11.6. The standard InChI is InChI=1S/C14H32NO5SSi.BF4/c1-15(2,3)9-10-20-14(16)8-12-21-11-7-13-22(17-4,18-5)19-6;2-1(3,4)5/h7-13H2,1-6H3;/q+1;-1. The van der Waals surface area contributed by atoms with Crippen LogP contribution in [0.2, 0.25) is 6.04 Å². The molecule has 0 radical (unpaired) electrons. The third kappa shape index (κ3) is 21.8. The summed E-state index contributed by atoms with van der Waals surface area (Å²) in [6.45, 7) is 1.31. The van der Waals surface area contributed by atoms with Crippen molar-refractivity contribution in [1.29, 1.82) is 0 Å². The number of rotatable bonds is 13. The van der Waals surface area contributed by atoms with E-state index in [1.54, 1.807) is 33.1 Å². The highest BCUT2D eigenvalue weighted by Crippen LogP contribution is 2.17. The van der Waals surface area contributed by atoms with Crippen LogP contribution in [0.5, 0.6) is 0 Å². The molecule has 13 heteroatoms. The fourth-order valence-electron chi connectivity index (χ4n) is 1.71. The van der Waals surface area contributed by atoms with Crippen molar-refractivity contribution in [2.45, 2.75) is 18.9 Å². The fourth-order valence-corrected chi connectivity index (χ4v) is 4.55. The van der Waals surface area contributed by atoms with Crippen LogP contribution in [0, 0.1) is 0 Å². The van der Waals surface area contributed by atoms with E-state index in [1.807, 2.05) is 0 Å². The minimum atomic E-state index is -6.00. The van der Waals surface area contributed by atoms with Gasteiger partial charge in [-0.3, -0.25) is 4.79 Å². The Morgan fingerprint density at radius 1 is 1.00 bits per heavy atom. The lowest BCUT2D eigenvalue weighted by molar-refractivity contribution is -0.870. The van der Waals surface area contributed by atoms with Crippen molar-refractivity contribution in [1.82, 2.24) is 0 Å². The second-order valence-electron chi connectivity index (χ2n) is 6.49. The number of esters is 1. The van der Waals surface area contributed by atoms with Gasteiger partial charge in [-0.1, -0.05) is 0 Å². The van der Waals surface area contributed by atoms with Crippen LogP contribution in [-0.4, -0.2) is 93.6 Å². The minimum Gasteiger partial charge on any atom is -0.460 e. The topological polar surface area (TPSA) is 54.0 Å². The molecule has 0 bridgehead atoms. The highest BCUT2D eigenvalue weighted by atomic mass is 32.2. The normalized spacial score (nSPS) is 12.4. The van der Waals surface area contributed by atoms with E-state index in [9.17, 15) is 22.1 Å². The number of hydrogen-bond donors (Lipinski definition) is 0. The van der Waals surface area contributed by atoms with Gasteiger partial charge in [-0.25, -0.2) is 0 Å². The van der Waals surface area contributed by atoms with Crippen molar-refractivity contribution in [2.24, 2.45) is 0 Å². The Kier molecular flexibility index (Phi) is 15.6. The van der Waals surface area contributed by atoms with Gasteiger partial charge >= 0.3 is 22.0 Å². The number of thioether (sulfide) groups is 1. The Hall–Kier alpha value is -0.338. The molecule has 0 aliphatic rings. The molecule has 0 aliphatic heterocycles. The van der Waals surface area contributed by atoms with E-state index in [2.05, 4.69) is 21.1 Å². The first-order valence-corrected chi connectivity index (χ1v) is 11.4. The largest absolute Gasteiger partial charge is 0.673 e. The number of hydrogen-bond acceptors (Lipinski definition) is 6. The first-order chi connectivity index (χ1) is 12.3. The molecule has 0 saturated carbocycles. The Balaban J connectivity index is 0. The summed E-state index contributed by atoms with van der Waals surface area (Å²) in [6.07, 6.45) is 1.41. The number of nitrogens with zero attached hydrogens (tertiary/aromatic N) is 1. The number of halogens is 4. The molecule has 0 aliphatic carbocycles. The van der Waals surface area contributed by atoms with E-state index in [1.165, 1.54) is 0 Å². The zero-order chi connectivity index (χ0) is 21.6. The summed E-state index contributed by atoms with van der Waals surface area (Å²) in [5.41, 5.74) is 0. The highest BCUT2D eigenvalue weighted by Gasteiger charge is 2.36. The van der Waals surface area contributed by atoms with E-state index in [0.29, 0.717) is 13.0 Å². The van der Waals surface area contributed by atoms with Crippen molar-refractivity contribution in [3.8, 4) is 0 Å². The third-order valence-electron chi connectivity index (χ3n) is 3.18. The van der Waals surface area contributed by atoms with E-state index in [-0.39, 0.29) is 5.97 Å². The van der Waals surface area contributed by atoms with Crippen LogP contribution in [0.3, 0.4) is 0 Å². The SMILES string of the molecule is CO[Si](CCCSCCC(=O)OCC[N+](C)(C)C)(OC)OC.F[B-](F)(F)F. The van der Waals surface area contributed by atoms with Crippen LogP contribution in [0.15, 0.2) is 0 Å². The van der Waals surface area contributed by atoms with E-state index >= 15 is 0 Å². The molecule has 0 N–H and O–H groups in total. The summed E-state index contributed by atoms with van der Waals surface area (Å²) in [5.74, 6) is 1.62. The van der Waals surface area contributed by atoms with Gasteiger partial charge in [0.1, 0.15) is 13.2 Å². The molecular formula is C14H32BF4NO5SSi. The zero-order valence-electron chi connectivity index (χ0n) is 16.9.